The minimum atomic E-state index is 0. The Bertz CT molecular complexity index is 3.61. The van der Waals surface area contributed by atoms with E-state index in [1.54, 1.807) is 0 Å². The van der Waals surface area contributed by atoms with Crippen LogP contribution in [-0.2, 0) is 0 Å². The second-order valence-electron chi connectivity index (χ2n) is 0. The van der Waals surface area contributed by atoms with E-state index in [2.05, 4.69) is 0 Å². The topological polar surface area (TPSA) is 30.5 Å². The Labute approximate surface area is 203 Å². The summed E-state index contributed by atoms with van der Waals surface area (Å²) >= 11 is 0. The molecule has 0 heterocycles. The van der Waals surface area contributed by atoms with E-state index in [0.29, 0.717) is 0 Å². The molecule has 5 heavy (non-hydrogen) atoms. The smallest absolute Gasteiger partial charge is 0 e. The van der Waals surface area contributed by atoms with Gasteiger partial charge in [0.25, 0.3) is 0 Å². The molecule has 0 aliphatic carbocycles. The Kier molecular flexibility index (Phi) is 135. The number of hydrogen-bond acceptors (Lipinski definition) is 0. The zero-order chi connectivity index (χ0) is 0. The Morgan fingerprint density at radius 2 is 0.400 bits per heavy atom. The second kappa shape index (κ2) is 22.4. The SMILES string of the molecule is [KH].[KH].[KH].[KH].[N]. The molecular weight excluding hydrogens is 170 g/mol. The van der Waals surface area contributed by atoms with Gasteiger partial charge in [-0.3, -0.25) is 0 Å². The molecular formula is H4K4N. The molecule has 0 saturated heterocycles. The van der Waals surface area contributed by atoms with Gasteiger partial charge in [-0.1, -0.05) is 0 Å². The largest absolute Gasteiger partial charge is 0 e. The van der Waals surface area contributed by atoms with Crippen molar-refractivity contribution in [2.45, 2.75) is 0 Å². The van der Waals surface area contributed by atoms with Crippen LogP contribution in [0.4, 0.5) is 0 Å². The van der Waals surface area contributed by atoms with Crippen molar-refractivity contribution in [1.82, 2.24) is 6.15 Å². The fraction of sp³-hybridized carbons (Fsp3) is 0. The molecule has 0 saturated carbocycles. The van der Waals surface area contributed by atoms with E-state index in [0.717, 1.165) is 0 Å². The van der Waals surface area contributed by atoms with Crippen molar-refractivity contribution >= 4 is 206 Å². The van der Waals surface area contributed by atoms with Gasteiger partial charge in [-0.15, -0.1) is 0 Å². The summed E-state index contributed by atoms with van der Waals surface area (Å²) in [6.07, 6.45) is 0. The van der Waals surface area contributed by atoms with Crippen LogP contribution >= 0.6 is 0 Å². The van der Waals surface area contributed by atoms with E-state index in [1.165, 1.54) is 0 Å². The summed E-state index contributed by atoms with van der Waals surface area (Å²) in [6.45, 7) is 0. The van der Waals surface area contributed by atoms with E-state index in [-0.39, 0.29) is 212 Å². The van der Waals surface area contributed by atoms with Crippen molar-refractivity contribution in [3.63, 3.8) is 0 Å². The molecule has 0 aromatic rings. The van der Waals surface area contributed by atoms with Crippen molar-refractivity contribution in [3.05, 3.63) is 0 Å². The molecule has 0 rings (SSSR count). The van der Waals surface area contributed by atoms with E-state index < -0.39 is 0 Å². The van der Waals surface area contributed by atoms with Gasteiger partial charge in [-0.2, -0.15) is 0 Å². The summed E-state index contributed by atoms with van der Waals surface area (Å²) in [4.78, 5) is 0. The first kappa shape index (κ1) is 30.0. The first-order valence-electron chi connectivity index (χ1n) is 0. The van der Waals surface area contributed by atoms with Crippen molar-refractivity contribution < 1.29 is 0 Å². The van der Waals surface area contributed by atoms with Crippen LogP contribution in [0.3, 0.4) is 0 Å². The van der Waals surface area contributed by atoms with E-state index >= 15 is 0 Å². The van der Waals surface area contributed by atoms with Crippen molar-refractivity contribution in [1.29, 1.82) is 0 Å². The second-order valence-corrected chi connectivity index (χ2v) is 0. The Morgan fingerprint density at radius 3 is 0.400 bits per heavy atom. The van der Waals surface area contributed by atoms with Gasteiger partial charge in [0, 0.05) is 6.15 Å². The van der Waals surface area contributed by atoms with E-state index in [1.807, 2.05) is 0 Å². The van der Waals surface area contributed by atoms with Gasteiger partial charge >= 0.3 is 206 Å². The molecule has 0 aromatic heterocycles. The summed E-state index contributed by atoms with van der Waals surface area (Å²) in [6, 6.07) is 0. The molecule has 3 radical (unpaired) electrons. The monoisotopic (exact) mass is 174 g/mol. The van der Waals surface area contributed by atoms with Crippen molar-refractivity contribution in [3.8, 4) is 0 Å². The van der Waals surface area contributed by atoms with Gasteiger partial charge in [-0.25, -0.2) is 0 Å². The molecule has 5 heteroatoms. The van der Waals surface area contributed by atoms with Crippen molar-refractivity contribution in [2.24, 2.45) is 0 Å². The maximum absolute atomic E-state index is 0. The Balaban J connectivity index is 0. The van der Waals surface area contributed by atoms with Crippen LogP contribution in [0.1, 0.15) is 0 Å². The Morgan fingerprint density at radius 1 is 0.400 bits per heavy atom. The van der Waals surface area contributed by atoms with E-state index in [4.69, 9.17) is 0 Å². The maximum atomic E-state index is 0. The fourth-order valence-electron chi connectivity index (χ4n) is 0. The van der Waals surface area contributed by atoms with Crippen LogP contribution in [0.25, 0.3) is 0 Å². The minimum absolute atomic E-state index is 0. The van der Waals surface area contributed by atoms with Gasteiger partial charge in [0.1, 0.15) is 0 Å². The van der Waals surface area contributed by atoms with Gasteiger partial charge < -0.3 is 0 Å². The van der Waals surface area contributed by atoms with Gasteiger partial charge in [0.2, 0.25) is 0 Å². The van der Waals surface area contributed by atoms with Crippen LogP contribution in [0, 0.1) is 0 Å². The Hall–Kier alpha value is 6.51. The number of rotatable bonds is 0. The van der Waals surface area contributed by atoms with Crippen molar-refractivity contribution in [2.75, 3.05) is 0 Å². The van der Waals surface area contributed by atoms with Gasteiger partial charge in [-0.05, 0) is 0 Å². The molecule has 0 unspecified atom stereocenters. The summed E-state index contributed by atoms with van der Waals surface area (Å²) < 4.78 is 0. The van der Waals surface area contributed by atoms with Gasteiger partial charge in [0.15, 0.2) is 0 Å². The zero-order valence-corrected chi connectivity index (χ0v) is 0.447. The standard InChI is InChI=1S/4K.N.4H. The first-order chi connectivity index (χ1) is 0. The predicted molar refractivity (Wildman–Crippen MR) is 30.7 cm³/mol. The molecule has 1 nitrogen and oxygen atoms in total. The normalized spacial score (nSPS) is 0. The molecule has 0 aliphatic heterocycles. The molecule has 0 fully saturated rings. The third-order valence-corrected chi connectivity index (χ3v) is 0. The molecule has 0 bridgehead atoms. The average Bonchev–Trinajstić information content (AvgIpc) is 0. The summed E-state index contributed by atoms with van der Waals surface area (Å²) in [7, 11) is 0. The molecule has 0 N–H and O–H groups in total. The molecule has 13 valence electrons. The zero-order valence-electron chi connectivity index (χ0n) is 0.447. The van der Waals surface area contributed by atoms with Crippen LogP contribution in [0.2, 0.25) is 0 Å². The van der Waals surface area contributed by atoms with Crippen LogP contribution in [0.15, 0.2) is 0 Å². The summed E-state index contributed by atoms with van der Waals surface area (Å²) in [5.74, 6) is 0. The van der Waals surface area contributed by atoms with Crippen LogP contribution in [0.5, 0.6) is 0 Å². The fourth-order valence-corrected chi connectivity index (χ4v) is 0. The molecule has 0 aliphatic rings. The van der Waals surface area contributed by atoms with Gasteiger partial charge in [0.05, 0.1) is 0 Å². The number of hydrogen-bond donors (Lipinski definition) is 0. The third kappa shape index (κ3) is 18.0. The summed E-state index contributed by atoms with van der Waals surface area (Å²) in [5, 5.41) is 0. The van der Waals surface area contributed by atoms with Crippen LogP contribution in [-0.4, -0.2) is 206 Å². The molecule has 0 spiro atoms. The third-order valence-electron chi connectivity index (χ3n) is 0. The molecule has 0 amide bonds. The quantitative estimate of drug-likeness (QED) is 0.349. The number of nitrogens with zero attached hydrogens (tertiary/aromatic N) is 1. The maximum Gasteiger partial charge on any atom is 0 e. The van der Waals surface area contributed by atoms with E-state index in [9.17, 15) is 0 Å². The predicted octanol–water partition coefficient (Wildman–Crippen LogP) is -3.07. The minimum Gasteiger partial charge on any atom is 0 e. The summed E-state index contributed by atoms with van der Waals surface area (Å²) in [5.41, 5.74) is 0. The molecule has 0 atom stereocenters. The van der Waals surface area contributed by atoms with Crippen LogP contribution < -0.4 is 6.15 Å². The molecule has 0 aromatic carbocycles. The average molecular weight is 174 g/mol. The first-order valence-corrected chi connectivity index (χ1v) is 0.